The van der Waals surface area contributed by atoms with Gasteiger partial charge < -0.3 is 4.90 Å². The molecule has 15 heavy (non-hydrogen) atoms. The molecule has 1 aliphatic rings. The van der Waals surface area contributed by atoms with Gasteiger partial charge in [0.05, 0.1) is 8.45 Å². The van der Waals surface area contributed by atoms with Crippen molar-refractivity contribution in [1.82, 2.24) is 4.90 Å². The number of amides is 1. The highest BCUT2D eigenvalue weighted by molar-refractivity contribution is 14.1. The van der Waals surface area contributed by atoms with Crippen LogP contribution in [0.5, 0.6) is 0 Å². The maximum Gasteiger partial charge on any atom is 0.259 e. The number of carbonyl (C=O) groups is 2. The zero-order chi connectivity index (χ0) is 10.8. The highest BCUT2D eigenvalue weighted by Crippen LogP contribution is 2.21. The number of thiophene rings is 1. The lowest BCUT2D eigenvalue weighted by Gasteiger charge is -2.20. The lowest BCUT2D eigenvalue weighted by Crippen LogP contribution is -2.30. The lowest BCUT2D eigenvalue weighted by atomic mass is 10.2. The Morgan fingerprint density at radius 3 is 2.87 bits per heavy atom. The molecule has 0 atom stereocenters. The van der Waals surface area contributed by atoms with Gasteiger partial charge in [-0.2, -0.15) is 0 Å². The fourth-order valence-electron chi connectivity index (χ4n) is 1.33. The fourth-order valence-corrected chi connectivity index (χ4v) is 2.79. The molecule has 0 fully saturated rings. The predicted molar refractivity (Wildman–Crippen MR) is 66.8 cm³/mol. The summed E-state index contributed by atoms with van der Waals surface area (Å²) in [7, 11) is 0. The van der Waals surface area contributed by atoms with E-state index >= 15 is 0 Å². The number of hydrogen-bond donors (Lipinski definition) is 0. The van der Waals surface area contributed by atoms with Gasteiger partial charge in [-0.3, -0.25) is 9.59 Å². The topological polar surface area (TPSA) is 37.4 Å². The normalized spacial score (nSPS) is 15.8. The summed E-state index contributed by atoms with van der Waals surface area (Å²) in [5.41, 5.74) is 0.722. The Labute approximate surface area is 105 Å². The maximum atomic E-state index is 12.0. The van der Waals surface area contributed by atoms with Crippen LogP contribution in [0.2, 0.25) is 0 Å². The van der Waals surface area contributed by atoms with Crippen molar-refractivity contribution < 1.29 is 9.59 Å². The first kappa shape index (κ1) is 10.8. The molecule has 1 aromatic heterocycles. The Morgan fingerprint density at radius 2 is 2.33 bits per heavy atom. The summed E-state index contributed by atoms with van der Waals surface area (Å²) in [5.74, 6) is 0.0588. The number of rotatable bonds is 1. The summed E-state index contributed by atoms with van der Waals surface area (Å²) in [5, 5.41) is 1.90. The van der Waals surface area contributed by atoms with Crippen LogP contribution in [0.15, 0.2) is 23.7 Å². The van der Waals surface area contributed by atoms with Crippen LogP contribution < -0.4 is 0 Å². The zero-order valence-corrected chi connectivity index (χ0v) is 10.7. The zero-order valence-electron chi connectivity index (χ0n) is 7.77. The second-order valence-corrected chi connectivity index (χ2v) is 5.87. The number of allylic oxidation sites excluding steroid dienone is 1. The summed E-state index contributed by atoms with van der Waals surface area (Å²) in [6.07, 6.45) is 3.45. The molecule has 0 bridgehead atoms. The highest BCUT2D eigenvalue weighted by Gasteiger charge is 2.20. The second kappa shape index (κ2) is 4.44. The first-order valence-corrected chi connectivity index (χ1v) is 6.39. The molecule has 78 valence electrons. The van der Waals surface area contributed by atoms with Crippen LogP contribution in [0, 0.1) is 2.88 Å². The van der Waals surface area contributed by atoms with E-state index in [2.05, 4.69) is 22.6 Å². The van der Waals surface area contributed by atoms with Crippen molar-refractivity contribution in [3.63, 3.8) is 0 Å². The Hall–Kier alpha value is -0.690. The van der Waals surface area contributed by atoms with Crippen molar-refractivity contribution in [2.45, 2.75) is 6.42 Å². The molecule has 0 N–H and O–H groups in total. The Kier molecular flexibility index (Phi) is 3.20. The van der Waals surface area contributed by atoms with E-state index in [-0.39, 0.29) is 11.7 Å². The Balaban J connectivity index is 2.19. The molecule has 0 aliphatic carbocycles. The summed E-state index contributed by atoms with van der Waals surface area (Å²) < 4.78 is 0.989. The number of ketones is 1. The summed E-state index contributed by atoms with van der Waals surface area (Å²) in [6, 6.07) is 1.82. The third kappa shape index (κ3) is 2.28. The van der Waals surface area contributed by atoms with Crippen LogP contribution in [0.1, 0.15) is 16.8 Å². The number of nitrogens with zero attached hydrogens (tertiary/aromatic N) is 1. The van der Waals surface area contributed by atoms with Gasteiger partial charge in [0.15, 0.2) is 5.78 Å². The van der Waals surface area contributed by atoms with Crippen LogP contribution in [0.3, 0.4) is 0 Å². The van der Waals surface area contributed by atoms with E-state index in [0.29, 0.717) is 13.0 Å². The van der Waals surface area contributed by atoms with Crippen LogP contribution in [-0.2, 0) is 4.79 Å². The number of carbonyl (C=O) groups excluding carboxylic acids is 2. The second-order valence-electron chi connectivity index (χ2n) is 3.14. The van der Waals surface area contributed by atoms with Gasteiger partial charge in [0.1, 0.15) is 0 Å². The molecule has 0 radical (unpaired) electrons. The average Bonchev–Trinajstić information content (AvgIpc) is 2.65. The van der Waals surface area contributed by atoms with E-state index in [1.165, 1.54) is 6.08 Å². The number of halogens is 1. The van der Waals surface area contributed by atoms with Crippen molar-refractivity contribution >= 4 is 45.6 Å². The summed E-state index contributed by atoms with van der Waals surface area (Å²) in [4.78, 5) is 24.5. The summed E-state index contributed by atoms with van der Waals surface area (Å²) in [6.45, 7) is 0.486. The standard InChI is InChI=1S/C10H8INO2S/c11-9-8(3-6-15-9)10(14)12-4-1-7(13)2-5-12/h1,3-4,6H,2,5H2. The average molecular weight is 333 g/mol. The van der Waals surface area contributed by atoms with Crippen LogP contribution in [0.25, 0.3) is 0 Å². The van der Waals surface area contributed by atoms with Crippen molar-refractivity contribution in [3.05, 3.63) is 32.2 Å². The van der Waals surface area contributed by atoms with E-state index < -0.39 is 0 Å². The maximum absolute atomic E-state index is 12.0. The van der Waals surface area contributed by atoms with Gasteiger partial charge in [0.25, 0.3) is 5.91 Å². The molecule has 1 amide bonds. The largest absolute Gasteiger partial charge is 0.314 e. The van der Waals surface area contributed by atoms with E-state index in [1.807, 2.05) is 11.4 Å². The minimum atomic E-state index is -0.0237. The predicted octanol–water partition coefficient (Wildman–Crippen LogP) is 2.28. The van der Waals surface area contributed by atoms with E-state index in [9.17, 15) is 9.59 Å². The molecule has 0 saturated heterocycles. The fraction of sp³-hybridized carbons (Fsp3) is 0.200. The molecule has 2 heterocycles. The molecule has 0 spiro atoms. The molecule has 2 rings (SSSR count). The van der Waals surface area contributed by atoms with Gasteiger partial charge in [0.2, 0.25) is 0 Å². The highest BCUT2D eigenvalue weighted by atomic mass is 127. The van der Waals surface area contributed by atoms with Gasteiger partial charge in [-0.15, -0.1) is 11.3 Å². The minimum Gasteiger partial charge on any atom is -0.314 e. The molecule has 1 aromatic rings. The minimum absolute atomic E-state index is 0.0237. The molecule has 0 aromatic carbocycles. The smallest absolute Gasteiger partial charge is 0.259 e. The monoisotopic (exact) mass is 333 g/mol. The first-order valence-electron chi connectivity index (χ1n) is 4.43. The van der Waals surface area contributed by atoms with Crippen LogP contribution in [0.4, 0.5) is 0 Å². The number of hydrogen-bond acceptors (Lipinski definition) is 3. The van der Waals surface area contributed by atoms with Gasteiger partial charge in [-0.25, -0.2) is 0 Å². The third-order valence-corrected chi connectivity index (χ3v) is 4.19. The Bertz CT molecular complexity index is 438. The molecule has 0 saturated carbocycles. The summed E-state index contributed by atoms with van der Waals surface area (Å²) >= 11 is 3.70. The van der Waals surface area contributed by atoms with Crippen LogP contribution >= 0.6 is 33.9 Å². The lowest BCUT2D eigenvalue weighted by molar-refractivity contribution is -0.115. The molecular formula is C10H8INO2S. The van der Waals surface area contributed by atoms with Gasteiger partial charge >= 0.3 is 0 Å². The van der Waals surface area contributed by atoms with Crippen molar-refractivity contribution in [3.8, 4) is 0 Å². The molecule has 3 nitrogen and oxygen atoms in total. The van der Waals surface area contributed by atoms with E-state index in [1.54, 1.807) is 22.4 Å². The van der Waals surface area contributed by atoms with Crippen molar-refractivity contribution in [2.24, 2.45) is 0 Å². The van der Waals surface area contributed by atoms with Crippen molar-refractivity contribution in [2.75, 3.05) is 6.54 Å². The van der Waals surface area contributed by atoms with E-state index in [4.69, 9.17) is 0 Å². The molecule has 1 aliphatic heterocycles. The van der Waals surface area contributed by atoms with Crippen LogP contribution in [-0.4, -0.2) is 23.1 Å². The van der Waals surface area contributed by atoms with Crippen molar-refractivity contribution in [1.29, 1.82) is 0 Å². The third-order valence-electron chi connectivity index (χ3n) is 2.15. The quantitative estimate of drug-likeness (QED) is 0.740. The van der Waals surface area contributed by atoms with E-state index in [0.717, 1.165) is 8.45 Å². The van der Waals surface area contributed by atoms with Gasteiger partial charge in [-0.05, 0) is 40.1 Å². The Morgan fingerprint density at radius 1 is 1.53 bits per heavy atom. The SMILES string of the molecule is O=C1C=CN(C(=O)c2ccsc2I)CC1. The van der Waals surface area contributed by atoms with Gasteiger partial charge in [-0.1, -0.05) is 0 Å². The molecular weight excluding hydrogens is 325 g/mol. The molecule has 5 heteroatoms. The first-order chi connectivity index (χ1) is 7.18. The van der Waals surface area contributed by atoms with Gasteiger partial charge in [0, 0.05) is 19.2 Å². The molecule has 0 unspecified atom stereocenters.